The Balaban J connectivity index is 1.72. The molecule has 8 nitrogen and oxygen atoms in total. The summed E-state index contributed by atoms with van der Waals surface area (Å²) in [7, 11) is 3.33. The summed E-state index contributed by atoms with van der Waals surface area (Å²) in [4.78, 5) is 16.6. The summed E-state index contributed by atoms with van der Waals surface area (Å²) in [6.07, 6.45) is 0.517. The van der Waals surface area contributed by atoms with E-state index in [1.54, 1.807) is 59.4 Å². The second-order valence-electron chi connectivity index (χ2n) is 7.95. The topological polar surface area (TPSA) is 110 Å². The molecule has 0 bridgehead atoms. The van der Waals surface area contributed by atoms with Gasteiger partial charge in [-0.05, 0) is 18.2 Å². The summed E-state index contributed by atoms with van der Waals surface area (Å²) in [5.74, 6) is -0.468. The van der Waals surface area contributed by atoms with E-state index in [0.717, 1.165) is 21.9 Å². The molecule has 5 rings (SSSR count). The first-order valence-electron chi connectivity index (χ1n) is 10.8. The van der Waals surface area contributed by atoms with Gasteiger partial charge in [-0.1, -0.05) is 42.5 Å². The molecule has 0 radical (unpaired) electrons. The van der Waals surface area contributed by atoms with Crippen LogP contribution in [-0.4, -0.2) is 33.0 Å². The number of hydrogen-bond acceptors (Lipinski definition) is 6. The number of pyridine rings is 1. The van der Waals surface area contributed by atoms with Crippen molar-refractivity contribution in [2.75, 3.05) is 7.11 Å². The van der Waals surface area contributed by atoms with E-state index in [0.29, 0.717) is 28.1 Å². The van der Waals surface area contributed by atoms with Crippen LogP contribution >= 0.6 is 0 Å². The number of ether oxygens (including phenoxy) is 2. The van der Waals surface area contributed by atoms with E-state index in [1.165, 1.54) is 7.11 Å². The molecule has 1 atom stereocenters. The van der Waals surface area contributed by atoms with Crippen LogP contribution in [0.5, 0.6) is 11.5 Å². The van der Waals surface area contributed by atoms with Gasteiger partial charge in [0, 0.05) is 35.0 Å². The number of nitriles is 1. The predicted molar refractivity (Wildman–Crippen MR) is 130 cm³/mol. The van der Waals surface area contributed by atoms with Gasteiger partial charge >= 0.3 is 5.97 Å². The Morgan fingerprint density at radius 2 is 1.83 bits per heavy atom. The maximum absolute atomic E-state index is 12.1. The molecule has 0 saturated heterocycles. The highest BCUT2D eigenvalue weighted by atomic mass is 16.5. The van der Waals surface area contributed by atoms with Crippen LogP contribution in [0.4, 0.5) is 0 Å². The highest BCUT2D eigenvalue weighted by molar-refractivity contribution is 6.11. The van der Waals surface area contributed by atoms with Crippen LogP contribution in [0.1, 0.15) is 17.2 Å². The number of aliphatic carboxylic acids is 1. The van der Waals surface area contributed by atoms with Crippen molar-refractivity contribution in [3.05, 3.63) is 84.1 Å². The van der Waals surface area contributed by atoms with Crippen LogP contribution in [0.2, 0.25) is 0 Å². The van der Waals surface area contributed by atoms with Gasteiger partial charge in [-0.2, -0.15) is 10.4 Å². The van der Waals surface area contributed by atoms with Crippen LogP contribution in [0.3, 0.4) is 0 Å². The average molecular weight is 464 g/mol. The molecule has 3 aromatic carbocycles. The van der Waals surface area contributed by atoms with Crippen molar-refractivity contribution >= 4 is 27.8 Å². The van der Waals surface area contributed by atoms with Crippen molar-refractivity contribution in [1.29, 1.82) is 5.26 Å². The molecule has 0 spiro atoms. The van der Waals surface area contributed by atoms with Crippen molar-refractivity contribution in [3.8, 4) is 28.8 Å². The molecule has 2 aromatic heterocycles. The first-order valence-corrected chi connectivity index (χ1v) is 10.8. The van der Waals surface area contributed by atoms with Crippen molar-refractivity contribution in [2.24, 2.45) is 7.05 Å². The van der Waals surface area contributed by atoms with Gasteiger partial charge in [-0.3, -0.25) is 9.67 Å². The Kier molecular flexibility index (Phi) is 5.51. The van der Waals surface area contributed by atoms with Gasteiger partial charge in [0.25, 0.3) is 0 Å². The zero-order valence-corrected chi connectivity index (χ0v) is 19.0. The number of rotatable bonds is 6. The molecule has 35 heavy (non-hydrogen) atoms. The molecule has 1 unspecified atom stereocenters. The third-order valence-corrected chi connectivity index (χ3v) is 5.83. The minimum absolute atomic E-state index is 0.278. The fraction of sp³-hybridized carbons (Fsp3) is 0.111. The van der Waals surface area contributed by atoms with Crippen molar-refractivity contribution in [3.63, 3.8) is 0 Å². The van der Waals surface area contributed by atoms with Gasteiger partial charge in [-0.25, -0.2) is 4.79 Å². The predicted octanol–water partition coefficient (Wildman–Crippen LogP) is 4.87. The Bertz CT molecular complexity index is 1600. The minimum atomic E-state index is -1.22. The molecule has 5 aromatic rings. The number of aromatic nitrogens is 3. The molecule has 172 valence electrons. The lowest BCUT2D eigenvalue weighted by Gasteiger charge is -2.18. The molecule has 0 aliphatic carbocycles. The molecular weight excluding hydrogens is 444 g/mol. The summed E-state index contributed by atoms with van der Waals surface area (Å²) >= 11 is 0. The van der Waals surface area contributed by atoms with Crippen molar-refractivity contribution in [2.45, 2.75) is 6.10 Å². The van der Waals surface area contributed by atoms with E-state index in [4.69, 9.17) is 19.8 Å². The number of methoxy groups -OCH3 is 1. The van der Waals surface area contributed by atoms with E-state index in [-0.39, 0.29) is 5.75 Å². The highest BCUT2D eigenvalue weighted by Crippen LogP contribution is 2.40. The van der Waals surface area contributed by atoms with E-state index >= 15 is 0 Å². The van der Waals surface area contributed by atoms with Gasteiger partial charge in [0.15, 0.2) is 11.5 Å². The fourth-order valence-corrected chi connectivity index (χ4v) is 4.11. The van der Waals surface area contributed by atoms with Gasteiger partial charge in [0.05, 0.1) is 36.0 Å². The van der Waals surface area contributed by atoms with E-state index < -0.39 is 12.1 Å². The monoisotopic (exact) mass is 464 g/mol. The van der Waals surface area contributed by atoms with E-state index in [1.807, 2.05) is 25.2 Å². The Morgan fingerprint density at radius 1 is 1.09 bits per heavy atom. The van der Waals surface area contributed by atoms with Crippen LogP contribution < -0.4 is 9.47 Å². The Morgan fingerprint density at radius 3 is 2.49 bits per heavy atom. The highest BCUT2D eigenvalue weighted by Gasteiger charge is 2.25. The van der Waals surface area contributed by atoms with Gasteiger partial charge in [0.1, 0.15) is 5.69 Å². The number of aryl methyl sites for hydroxylation is 1. The summed E-state index contributed by atoms with van der Waals surface area (Å²) < 4.78 is 13.3. The fourth-order valence-electron chi connectivity index (χ4n) is 4.11. The van der Waals surface area contributed by atoms with Gasteiger partial charge in [-0.15, -0.1) is 0 Å². The number of nitrogens with zero attached hydrogens (tertiary/aromatic N) is 4. The quantitative estimate of drug-likeness (QED) is 0.382. The first kappa shape index (κ1) is 21.9. The molecule has 0 fully saturated rings. The second kappa shape index (κ2) is 8.80. The third kappa shape index (κ3) is 3.89. The lowest BCUT2D eigenvalue weighted by molar-refractivity contribution is -0.145. The van der Waals surface area contributed by atoms with Gasteiger partial charge < -0.3 is 14.6 Å². The van der Waals surface area contributed by atoms with Crippen LogP contribution in [0.25, 0.3) is 33.1 Å². The maximum Gasteiger partial charge on any atom is 0.349 e. The molecule has 8 heteroatoms. The number of fused-ring (bicyclic) bond motifs is 3. The molecule has 0 aliphatic rings. The van der Waals surface area contributed by atoms with Crippen LogP contribution in [0.15, 0.2) is 72.9 Å². The second-order valence-corrected chi connectivity index (χ2v) is 7.95. The Labute approximate surface area is 200 Å². The third-order valence-electron chi connectivity index (χ3n) is 5.83. The largest absolute Gasteiger partial charge is 0.493 e. The Hall–Kier alpha value is -4.90. The molecule has 0 aliphatic heterocycles. The number of carboxylic acids is 1. The number of carbonyl (C=O) groups is 1. The summed E-state index contributed by atoms with van der Waals surface area (Å²) in [6, 6.07) is 21.5. The standard InChI is InChI=1S/C27H20N4O4/c1-31-21-15-29-20-13-22(34-2)23(35-26(27(32)33)18-6-4-3-5-7-18)12-19(20)24(21)25(30-31)17-10-8-16(14-28)9-11-17/h3-13,15,26H,1-2H3,(H,32,33). The first-order chi connectivity index (χ1) is 17.0. The summed E-state index contributed by atoms with van der Waals surface area (Å²) in [5.41, 5.74) is 4.07. The van der Waals surface area contributed by atoms with E-state index in [9.17, 15) is 9.90 Å². The van der Waals surface area contributed by atoms with Crippen molar-refractivity contribution < 1.29 is 19.4 Å². The lowest BCUT2D eigenvalue weighted by Crippen LogP contribution is -2.18. The van der Waals surface area contributed by atoms with E-state index in [2.05, 4.69) is 11.1 Å². The molecular formula is C27H20N4O4. The van der Waals surface area contributed by atoms with Crippen molar-refractivity contribution in [1.82, 2.24) is 14.8 Å². The smallest absolute Gasteiger partial charge is 0.349 e. The van der Waals surface area contributed by atoms with Gasteiger partial charge in [0.2, 0.25) is 6.10 Å². The average Bonchev–Trinajstić information content (AvgIpc) is 3.23. The zero-order chi connectivity index (χ0) is 24.5. The van der Waals surface area contributed by atoms with Crippen LogP contribution in [-0.2, 0) is 11.8 Å². The summed E-state index contributed by atoms with van der Waals surface area (Å²) in [5, 5.41) is 25.3. The number of benzene rings is 3. The SMILES string of the molecule is COc1cc2ncc3c(c(-c4ccc(C#N)cc4)nn3C)c2cc1OC(C(=O)O)c1ccccc1. The maximum atomic E-state index is 12.1. The minimum Gasteiger partial charge on any atom is -0.493 e. The zero-order valence-electron chi connectivity index (χ0n) is 19.0. The number of carboxylic acid groups (broad SMARTS) is 1. The van der Waals surface area contributed by atoms with Crippen LogP contribution in [0, 0.1) is 11.3 Å². The molecule has 0 saturated carbocycles. The number of hydrogen-bond donors (Lipinski definition) is 1. The normalized spacial score (nSPS) is 11.8. The summed E-state index contributed by atoms with van der Waals surface area (Å²) in [6.45, 7) is 0. The molecule has 2 heterocycles. The lowest BCUT2D eigenvalue weighted by atomic mass is 10.0. The molecule has 0 amide bonds. The molecule has 1 N–H and O–H groups in total.